The molecule has 0 aliphatic carbocycles. The number of imidazole rings is 1. The lowest BCUT2D eigenvalue weighted by Crippen LogP contribution is -2.45. The van der Waals surface area contributed by atoms with Crippen LogP contribution < -0.4 is 5.32 Å². The van der Waals surface area contributed by atoms with Gasteiger partial charge in [0.2, 0.25) is 11.9 Å². The van der Waals surface area contributed by atoms with E-state index in [1.807, 2.05) is 0 Å². The molecular weight excluding hydrogens is 200 g/mol. The van der Waals surface area contributed by atoms with Crippen LogP contribution in [-0.4, -0.2) is 26.8 Å². The van der Waals surface area contributed by atoms with Crippen LogP contribution in [0.1, 0.15) is 24.6 Å². The molecule has 2 heterocycles. The third-order valence-electron chi connectivity index (χ3n) is 2.49. The van der Waals surface area contributed by atoms with Crippen LogP contribution >= 0.6 is 0 Å². The summed E-state index contributed by atoms with van der Waals surface area (Å²) in [5.74, 6) is -0.160. The molecule has 0 radical (unpaired) electrons. The van der Waals surface area contributed by atoms with Gasteiger partial charge in [0.15, 0.2) is 0 Å². The molecule has 1 fully saturated rings. The molecule has 0 aromatic carbocycles. The Kier molecular flexibility index (Phi) is 2.36. The zero-order valence-corrected chi connectivity index (χ0v) is 7.84. The van der Waals surface area contributed by atoms with E-state index in [2.05, 4.69) is 15.3 Å². The molecule has 1 aromatic heterocycles. The molecule has 15 heavy (non-hydrogen) atoms. The first-order chi connectivity index (χ1) is 7.18. The number of rotatable bonds is 2. The Bertz CT molecular complexity index is 375. The maximum absolute atomic E-state index is 11.2. The summed E-state index contributed by atoms with van der Waals surface area (Å²) >= 11 is 0. The van der Waals surface area contributed by atoms with E-state index in [4.69, 9.17) is 0 Å². The normalized spacial score (nSPS) is 26.0. The van der Waals surface area contributed by atoms with Gasteiger partial charge in [-0.3, -0.25) is 14.9 Å². The number of amides is 1. The van der Waals surface area contributed by atoms with Crippen molar-refractivity contribution in [2.45, 2.75) is 24.9 Å². The van der Waals surface area contributed by atoms with Crippen LogP contribution in [0, 0.1) is 10.1 Å². The second kappa shape index (κ2) is 3.68. The molecule has 0 bridgehead atoms. The van der Waals surface area contributed by atoms with Crippen LogP contribution in [0.5, 0.6) is 0 Å². The fourth-order valence-corrected chi connectivity index (χ4v) is 1.74. The zero-order chi connectivity index (χ0) is 10.8. The largest absolute Gasteiger partial charge is 0.347 e. The Morgan fingerprint density at radius 1 is 1.60 bits per heavy atom. The van der Waals surface area contributed by atoms with E-state index in [1.54, 1.807) is 0 Å². The van der Waals surface area contributed by atoms with Crippen molar-refractivity contribution in [3.8, 4) is 0 Å². The number of hydrogen-bond donors (Lipinski definition) is 2. The first-order valence-corrected chi connectivity index (χ1v) is 4.59. The summed E-state index contributed by atoms with van der Waals surface area (Å²) in [7, 11) is 0. The molecule has 2 atom stereocenters. The van der Waals surface area contributed by atoms with Gasteiger partial charge in [0.05, 0.1) is 18.2 Å². The number of aromatic amines is 1. The van der Waals surface area contributed by atoms with Crippen LogP contribution in [0.15, 0.2) is 12.5 Å². The average Bonchev–Trinajstić information content (AvgIpc) is 2.69. The van der Waals surface area contributed by atoms with Gasteiger partial charge in [-0.1, -0.05) is 0 Å². The summed E-state index contributed by atoms with van der Waals surface area (Å²) in [5, 5.41) is 13.4. The van der Waals surface area contributed by atoms with Crippen molar-refractivity contribution in [2.24, 2.45) is 0 Å². The van der Waals surface area contributed by atoms with Gasteiger partial charge in [-0.05, 0) is 0 Å². The summed E-state index contributed by atoms with van der Waals surface area (Å²) in [6, 6.07) is -1.37. The number of nitro groups is 1. The second-order valence-corrected chi connectivity index (χ2v) is 3.44. The molecule has 1 aliphatic heterocycles. The topological polar surface area (TPSA) is 101 Å². The van der Waals surface area contributed by atoms with E-state index < -0.39 is 12.1 Å². The Balaban J connectivity index is 2.24. The van der Waals surface area contributed by atoms with Crippen molar-refractivity contribution >= 4 is 5.91 Å². The first-order valence-electron chi connectivity index (χ1n) is 4.59. The summed E-state index contributed by atoms with van der Waals surface area (Å²) in [6.45, 7) is 0. The summed E-state index contributed by atoms with van der Waals surface area (Å²) in [5.41, 5.74) is 0.574. The summed E-state index contributed by atoms with van der Waals surface area (Å²) in [6.07, 6.45) is 3.40. The first kappa shape index (κ1) is 9.63. The van der Waals surface area contributed by atoms with Crippen LogP contribution in [0.4, 0.5) is 0 Å². The second-order valence-electron chi connectivity index (χ2n) is 3.44. The van der Waals surface area contributed by atoms with Gasteiger partial charge in [-0.15, -0.1) is 0 Å². The molecule has 2 rings (SSSR count). The number of H-pyrrole nitrogens is 1. The van der Waals surface area contributed by atoms with Crippen molar-refractivity contribution in [1.82, 2.24) is 15.3 Å². The number of nitrogens with zero attached hydrogens (tertiary/aromatic N) is 2. The highest BCUT2D eigenvalue weighted by atomic mass is 16.6. The Labute approximate surface area is 85.0 Å². The van der Waals surface area contributed by atoms with Gasteiger partial charge in [-0.25, -0.2) is 4.98 Å². The van der Waals surface area contributed by atoms with Crippen molar-refractivity contribution in [1.29, 1.82) is 0 Å². The van der Waals surface area contributed by atoms with Crippen molar-refractivity contribution in [3.05, 3.63) is 28.3 Å². The minimum atomic E-state index is -0.775. The molecule has 2 unspecified atom stereocenters. The number of carbonyl (C=O) groups excluding carboxylic acids is 1. The maximum Gasteiger partial charge on any atom is 0.239 e. The van der Waals surface area contributed by atoms with E-state index in [0.29, 0.717) is 5.69 Å². The molecule has 0 spiro atoms. The van der Waals surface area contributed by atoms with Gasteiger partial charge in [-0.2, -0.15) is 0 Å². The molecule has 0 saturated carbocycles. The van der Waals surface area contributed by atoms with Crippen LogP contribution in [0.25, 0.3) is 0 Å². The van der Waals surface area contributed by atoms with Crippen molar-refractivity contribution < 1.29 is 9.72 Å². The molecule has 1 saturated heterocycles. The Hall–Kier alpha value is -1.92. The molecular formula is C8H10N4O3. The maximum atomic E-state index is 11.2. The van der Waals surface area contributed by atoms with Crippen LogP contribution in [0.3, 0.4) is 0 Å². The molecule has 80 valence electrons. The molecule has 1 aliphatic rings. The highest BCUT2D eigenvalue weighted by Gasteiger charge is 2.38. The summed E-state index contributed by atoms with van der Waals surface area (Å²) in [4.78, 5) is 28.2. The lowest BCUT2D eigenvalue weighted by Gasteiger charge is -2.25. The minimum Gasteiger partial charge on any atom is -0.347 e. The Morgan fingerprint density at radius 3 is 3.00 bits per heavy atom. The predicted octanol–water partition coefficient (Wildman–Crippen LogP) is 0.00610. The van der Waals surface area contributed by atoms with E-state index in [-0.39, 0.29) is 23.7 Å². The standard InChI is InChI=1S/C8H10N4O3/c13-7-2-1-6(12(14)15)8(11-7)5-3-9-4-10-5/h3-4,6,8H,1-2H2,(H,9,10)(H,11,13). The number of carbonyl (C=O) groups is 1. The summed E-state index contributed by atoms with van der Waals surface area (Å²) < 4.78 is 0. The van der Waals surface area contributed by atoms with E-state index in [9.17, 15) is 14.9 Å². The fraction of sp³-hybridized carbons (Fsp3) is 0.500. The van der Waals surface area contributed by atoms with E-state index in [0.717, 1.165) is 0 Å². The predicted molar refractivity (Wildman–Crippen MR) is 49.5 cm³/mol. The van der Waals surface area contributed by atoms with Gasteiger partial charge < -0.3 is 10.3 Å². The minimum absolute atomic E-state index is 0.160. The quantitative estimate of drug-likeness (QED) is 0.530. The number of aromatic nitrogens is 2. The Morgan fingerprint density at radius 2 is 2.40 bits per heavy atom. The molecule has 7 nitrogen and oxygen atoms in total. The highest BCUT2D eigenvalue weighted by molar-refractivity contribution is 5.77. The van der Waals surface area contributed by atoms with Crippen LogP contribution in [-0.2, 0) is 4.79 Å². The van der Waals surface area contributed by atoms with Gasteiger partial charge in [0.1, 0.15) is 6.04 Å². The highest BCUT2D eigenvalue weighted by Crippen LogP contribution is 2.24. The molecule has 7 heteroatoms. The third-order valence-corrected chi connectivity index (χ3v) is 2.49. The average molecular weight is 210 g/mol. The molecule has 1 amide bonds. The molecule has 1 aromatic rings. The third kappa shape index (κ3) is 1.80. The van der Waals surface area contributed by atoms with E-state index in [1.165, 1.54) is 12.5 Å². The van der Waals surface area contributed by atoms with Crippen molar-refractivity contribution in [2.75, 3.05) is 0 Å². The number of nitrogens with one attached hydrogen (secondary N) is 2. The number of hydrogen-bond acceptors (Lipinski definition) is 4. The van der Waals surface area contributed by atoms with Gasteiger partial charge in [0.25, 0.3) is 0 Å². The zero-order valence-electron chi connectivity index (χ0n) is 7.84. The van der Waals surface area contributed by atoms with Crippen LogP contribution in [0.2, 0.25) is 0 Å². The fourth-order valence-electron chi connectivity index (χ4n) is 1.74. The lowest BCUT2D eigenvalue weighted by molar-refractivity contribution is -0.529. The van der Waals surface area contributed by atoms with Gasteiger partial charge in [0, 0.05) is 17.8 Å². The monoisotopic (exact) mass is 210 g/mol. The molecule has 2 N–H and O–H groups in total. The van der Waals surface area contributed by atoms with Crippen molar-refractivity contribution in [3.63, 3.8) is 0 Å². The SMILES string of the molecule is O=C1CCC([N+](=O)[O-])C(c2cnc[nH]2)N1. The van der Waals surface area contributed by atoms with Gasteiger partial charge >= 0.3 is 0 Å². The lowest BCUT2D eigenvalue weighted by atomic mass is 9.96. The van der Waals surface area contributed by atoms with E-state index >= 15 is 0 Å². The number of piperidine rings is 1. The smallest absolute Gasteiger partial charge is 0.239 e.